The first-order valence-corrected chi connectivity index (χ1v) is 8.03. The predicted molar refractivity (Wildman–Crippen MR) is 90.6 cm³/mol. The first-order chi connectivity index (χ1) is 11.3. The summed E-state index contributed by atoms with van der Waals surface area (Å²) >= 11 is 0. The molecule has 2 heterocycles. The van der Waals surface area contributed by atoms with Crippen LogP contribution in [0.5, 0.6) is 5.75 Å². The van der Waals surface area contributed by atoms with Crippen molar-refractivity contribution in [3.63, 3.8) is 0 Å². The number of piperidine rings is 1. The second-order valence-corrected chi connectivity index (χ2v) is 5.94. The van der Waals surface area contributed by atoms with Gasteiger partial charge in [0.1, 0.15) is 23.2 Å². The maximum atomic E-state index is 9.41. The van der Waals surface area contributed by atoms with Gasteiger partial charge in [-0.2, -0.15) is 5.26 Å². The zero-order valence-corrected chi connectivity index (χ0v) is 13.4. The molecule has 0 saturated carbocycles. The van der Waals surface area contributed by atoms with E-state index in [1.54, 1.807) is 19.4 Å². The van der Waals surface area contributed by atoms with E-state index in [-0.39, 0.29) is 0 Å². The van der Waals surface area contributed by atoms with Crippen LogP contribution >= 0.6 is 0 Å². The number of nitrogens with zero attached hydrogens (tertiary/aromatic N) is 3. The molecule has 1 fully saturated rings. The van der Waals surface area contributed by atoms with Crippen LogP contribution in [0.25, 0.3) is 0 Å². The lowest BCUT2D eigenvalue weighted by Crippen LogP contribution is -2.35. The van der Waals surface area contributed by atoms with Gasteiger partial charge in [0, 0.05) is 19.3 Å². The van der Waals surface area contributed by atoms with E-state index < -0.39 is 0 Å². The van der Waals surface area contributed by atoms with Gasteiger partial charge in [0.15, 0.2) is 0 Å². The fourth-order valence-electron chi connectivity index (χ4n) is 3.24. The Hall–Kier alpha value is -2.54. The Morgan fingerprint density at radius 1 is 1.22 bits per heavy atom. The third-order valence-electron chi connectivity index (χ3n) is 4.51. The fraction of sp³-hybridized carbons (Fsp3) is 0.368. The summed E-state index contributed by atoms with van der Waals surface area (Å²) in [7, 11) is 1.59. The Balaban J connectivity index is 1.67. The molecule has 2 aromatic rings. The third kappa shape index (κ3) is 3.45. The van der Waals surface area contributed by atoms with Crippen LogP contribution < -0.4 is 9.64 Å². The van der Waals surface area contributed by atoms with E-state index in [9.17, 15) is 5.26 Å². The number of aromatic nitrogens is 1. The van der Waals surface area contributed by atoms with E-state index in [2.05, 4.69) is 46.3 Å². The predicted octanol–water partition coefficient (Wildman–Crippen LogP) is 3.42. The third-order valence-corrected chi connectivity index (χ3v) is 4.51. The van der Waals surface area contributed by atoms with Crippen molar-refractivity contribution in [2.24, 2.45) is 5.92 Å². The van der Waals surface area contributed by atoms with Gasteiger partial charge in [-0.1, -0.05) is 30.3 Å². The second kappa shape index (κ2) is 7.15. The van der Waals surface area contributed by atoms with E-state index in [1.165, 1.54) is 5.56 Å². The standard InChI is InChI=1S/C19H21N3O/c1-23-18-7-10-21-19(17(18)14-20)22-11-8-16(9-12-22)13-15-5-3-2-4-6-15/h2-7,10,16H,8-9,11-13H2,1H3. The number of pyridine rings is 1. The second-order valence-electron chi connectivity index (χ2n) is 5.94. The molecule has 1 aromatic heterocycles. The molecule has 0 unspecified atom stereocenters. The van der Waals surface area contributed by atoms with Gasteiger partial charge in [-0.05, 0) is 36.8 Å². The molecule has 0 spiro atoms. The molecule has 1 aliphatic heterocycles. The Morgan fingerprint density at radius 3 is 2.61 bits per heavy atom. The summed E-state index contributed by atoms with van der Waals surface area (Å²) in [5.41, 5.74) is 1.94. The molecule has 0 amide bonds. The van der Waals surface area contributed by atoms with E-state index in [4.69, 9.17) is 4.74 Å². The van der Waals surface area contributed by atoms with Gasteiger partial charge < -0.3 is 9.64 Å². The molecular formula is C19H21N3O. The van der Waals surface area contributed by atoms with E-state index in [0.29, 0.717) is 17.2 Å². The molecule has 4 nitrogen and oxygen atoms in total. The number of benzene rings is 1. The van der Waals surface area contributed by atoms with Crippen molar-refractivity contribution in [1.82, 2.24) is 4.98 Å². The van der Waals surface area contributed by atoms with Gasteiger partial charge in [-0.25, -0.2) is 4.98 Å². The van der Waals surface area contributed by atoms with Crippen molar-refractivity contribution >= 4 is 5.82 Å². The number of anilines is 1. The number of methoxy groups -OCH3 is 1. The molecule has 118 valence electrons. The minimum absolute atomic E-state index is 0.538. The molecule has 1 aliphatic rings. The topological polar surface area (TPSA) is 49.1 Å². The largest absolute Gasteiger partial charge is 0.495 e. The summed E-state index contributed by atoms with van der Waals surface area (Å²) in [6.07, 6.45) is 5.09. The van der Waals surface area contributed by atoms with Crippen molar-refractivity contribution < 1.29 is 4.74 Å². The van der Waals surface area contributed by atoms with Crippen LogP contribution in [0.2, 0.25) is 0 Å². The monoisotopic (exact) mass is 307 g/mol. The molecule has 3 rings (SSSR count). The van der Waals surface area contributed by atoms with Gasteiger partial charge in [-0.3, -0.25) is 0 Å². The molecule has 0 bridgehead atoms. The van der Waals surface area contributed by atoms with Crippen molar-refractivity contribution in [1.29, 1.82) is 5.26 Å². The molecule has 1 aromatic carbocycles. The zero-order valence-electron chi connectivity index (χ0n) is 13.4. The normalized spacial score (nSPS) is 15.2. The number of nitriles is 1. The molecule has 1 saturated heterocycles. The highest BCUT2D eigenvalue weighted by molar-refractivity contribution is 5.60. The Morgan fingerprint density at radius 2 is 1.96 bits per heavy atom. The summed E-state index contributed by atoms with van der Waals surface area (Å²) in [5.74, 6) is 2.05. The highest BCUT2D eigenvalue weighted by Gasteiger charge is 2.23. The van der Waals surface area contributed by atoms with Crippen molar-refractivity contribution in [2.45, 2.75) is 19.3 Å². The van der Waals surface area contributed by atoms with E-state index >= 15 is 0 Å². The molecule has 0 atom stereocenters. The lowest BCUT2D eigenvalue weighted by Gasteiger charge is -2.33. The maximum Gasteiger partial charge on any atom is 0.150 e. The van der Waals surface area contributed by atoms with Gasteiger partial charge in [-0.15, -0.1) is 0 Å². The molecule has 0 N–H and O–H groups in total. The SMILES string of the molecule is COc1ccnc(N2CCC(Cc3ccccc3)CC2)c1C#N. The van der Waals surface area contributed by atoms with Crippen LogP contribution in [0.1, 0.15) is 24.0 Å². The summed E-state index contributed by atoms with van der Waals surface area (Å²) < 4.78 is 5.28. The zero-order chi connectivity index (χ0) is 16.1. The minimum Gasteiger partial charge on any atom is -0.495 e. The van der Waals surface area contributed by atoms with Gasteiger partial charge in [0.25, 0.3) is 0 Å². The average Bonchev–Trinajstić information content (AvgIpc) is 2.62. The van der Waals surface area contributed by atoms with Crippen LogP contribution in [-0.4, -0.2) is 25.2 Å². The molecule has 0 aliphatic carbocycles. The molecule has 0 radical (unpaired) electrons. The lowest BCUT2D eigenvalue weighted by molar-refractivity contribution is 0.398. The Labute approximate surface area is 137 Å². The van der Waals surface area contributed by atoms with Crippen LogP contribution in [-0.2, 0) is 6.42 Å². The molecular weight excluding hydrogens is 286 g/mol. The average molecular weight is 307 g/mol. The van der Waals surface area contributed by atoms with Crippen LogP contribution in [0, 0.1) is 17.2 Å². The summed E-state index contributed by atoms with van der Waals surface area (Å²) in [6, 6.07) is 14.6. The minimum atomic E-state index is 0.538. The molecule has 23 heavy (non-hydrogen) atoms. The first kappa shape index (κ1) is 15.4. The number of ether oxygens (including phenoxy) is 1. The molecule has 4 heteroatoms. The Kier molecular flexibility index (Phi) is 4.77. The van der Waals surface area contributed by atoms with Gasteiger partial charge >= 0.3 is 0 Å². The highest BCUT2D eigenvalue weighted by atomic mass is 16.5. The van der Waals surface area contributed by atoms with Crippen LogP contribution in [0.3, 0.4) is 0 Å². The summed E-state index contributed by atoms with van der Waals surface area (Å²) in [4.78, 5) is 6.63. The van der Waals surface area contributed by atoms with E-state index in [1.807, 2.05) is 0 Å². The lowest BCUT2D eigenvalue weighted by atomic mass is 9.90. The van der Waals surface area contributed by atoms with Crippen LogP contribution in [0.4, 0.5) is 5.82 Å². The smallest absolute Gasteiger partial charge is 0.150 e. The summed E-state index contributed by atoms with van der Waals surface area (Å²) in [6.45, 7) is 1.87. The van der Waals surface area contributed by atoms with Crippen molar-refractivity contribution in [3.8, 4) is 11.8 Å². The Bertz CT molecular complexity index is 686. The van der Waals surface area contributed by atoms with Crippen molar-refractivity contribution in [3.05, 3.63) is 53.7 Å². The number of hydrogen-bond donors (Lipinski definition) is 0. The van der Waals surface area contributed by atoms with Gasteiger partial charge in [0.05, 0.1) is 7.11 Å². The quantitative estimate of drug-likeness (QED) is 0.868. The highest BCUT2D eigenvalue weighted by Crippen LogP contribution is 2.30. The van der Waals surface area contributed by atoms with Crippen molar-refractivity contribution in [2.75, 3.05) is 25.1 Å². The number of rotatable bonds is 4. The summed E-state index contributed by atoms with van der Waals surface area (Å²) in [5, 5.41) is 9.41. The van der Waals surface area contributed by atoms with E-state index in [0.717, 1.165) is 38.2 Å². The van der Waals surface area contributed by atoms with Crippen LogP contribution in [0.15, 0.2) is 42.6 Å². The maximum absolute atomic E-state index is 9.41. The number of hydrogen-bond acceptors (Lipinski definition) is 4. The fourth-order valence-corrected chi connectivity index (χ4v) is 3.24. The first-order valence-electron chi connectivity index (χ1n) is 8.03. The van der Waals surface area contributed by atoms with Gasteiger partial charge in [0.2, 0.25) is 0 Å².